The van der Waals surface area contributed by atoms with E-state index in [9.17, 15) is 27.2 Å². The molecule has 1 saturated heterocycles. The van der Waals surface area contributed by atoms with E-state index in [1.165, 1.54) is 29.2 Å². The molecule has 1 aliphatic rings. The second-order valence-corrected chi connectivity index (χ2v) is 7.70. The maximum atomic E-state index is 13.8. The van der Waals surface area contributed by atoms with Crippen LogP contribution in [0.25, 0.3) is 0 Å². The molecule has 0 aliphatic carbocycles. The molecular formula is C20H18BrF4N3O2. The Labute approximate surface area is 178 Å². The van der Waals surface area contributed by atoms with Crippen molar-refractivity contribution in [3.63, 3.8) is 0 Å². The van der Waals surface area contributed by atoms with Crippen LogP contribution in [-0.2, 0) is 11.0 Å². The number of rotatable bonds is 4. The van der Waals surface area contributed by atoms with Crippen molar-refractivity contribution in [3.8, 4) is 0 Å². The van der Waals surface area contributed by atoms with Gasteiger partial charge in [0.1, 0.15) is 5.82 Å². The minimum atomic E-state index is -4.62. The Bertz CT molecular complexity index is 944. The second-order valence-electron chi connectivity index (χ2n) is 6.78. The Kier molecular flexibility index (Phi) is 6.77. The molecule has 2 aromatic carbocycles. The predicted octanol–water partition coefficient (Wildman–Crippen LogP) is 4.00. The van der Waals surface area contributed by atoms with Crippen LogP contribution >= 0.6 is 15.9 Å². The third-order valence-corrected chi connectivity index (χ3v) is 5.19. The topological polar surface area (TPSA) is 52.7 Å². The lowest BCUT2D eigenvalue weighted by Crippen LogP contribution is -2.50. The van der Waals surface area contributed by atoms with Crippen molar-refractivity contribution in [3.05, 3.63) is 63.9 Å². The lowest BCUT2D eigenvalue weighted by molar-refractivity contribution is -0.138. The van der Waals surface area contributed by atoms with Crippen molar-refractivity contribution in [2.24, 2.45) is 0 Å². The molecule has 0 radical (unpaired) electrons. The normalized spacial score (nSPS) is 15.2. The highest BCUT2D eigenvalue weighted by molar-refractivity contribution is 9.10. The molecule has 0 unspecified atom stereocenters. The Balaban J connectivity index is 1.56. The van der Waals surface area contributed by atoms with Gasteiger partial charge in [0.25, 0.3) is 5.91 Å². The molecule has 5 nitrogen and oxygen atoms in total. The highest BCUT2D eigenvalue weighted by Crippen LogP contribution is 2.32. The summed E-state index contributed by atoms with van der Waals surface area (Å²) in [7, 11) is 0. The van der Waals surface area contributed by atoms with E-state index >= 15 is 0 Å². The largest absolute Gasteiger partial charge is 0.417 e. The summed E-state index contributed by atoms with van der Waals surface area (Å²) in [6, 6.07) is 8.95. The average Bonchev–Trinajstić information content (AvgIpc) is 2.69. The summed E-state index contributed by atoms with van der Waals surface area (Å²) in [5.41, 5.74) is -1.30. The highest BCUT2D eigenvalue weighted by Gasteiger charge is 2.36. The highest BCUT2D eigenvalue weighted by atomic mass is 79.9. The van der Waals surface area contributed by atoms with Crippen LogP contribution < -0.4 is 5.32 Å². The number of nitrogens with zero attached hydrogens (tertiary/aromatic N) is 2. The number of alkyl halides is 3. The van der Waals surface area contributed by atoms with Crippen LogP contribution in [0.15, 0.2) is 46.9 Å². The second kappa shape index (κ2) is 9.13. The van der Waals surface area contributed by atoms with Gasteiger partial charge < -0.3 is 10.2 Å². The maximum Gasteiger partial charge on any atom is 0.417 e. The van der Waals surface area contributed by atoms with E-state index in [-0.39, 0.29) is 30.9 Å². The van der Waals surface area contributed by atoms with E-state index in [0.29, 0.717) is 17.6 Å². The minimum Gasteiger partial charge on any atom is -0.336 e. The molecule has 0 aromatic heterocycles. The SMILES string of the molecule is O=C(CN1CCN(C(=O)c2ccccc2C(F)(F)F)CC1)Nc1ccc(Br)cc1F. The lowest BCUT2D eigenvalue weighted by Gasteiger charge is -2.34. The Morgan fingerprint density at radius 2 is 1.70 bits per heavy atom. The number of piperazine rings is 1. The minimum absolute atomic E-state index is 0.0172. The molecule has 3 rings (SSSR count). The molecule has 1 N–H and O–H groups in total. The Hall–Kier alpha value is -2.46. The number of anilines is 1. The predicted molar refractivity (Wildman–Crippen MR) is 107 cm³/mol. The Morgan fingerprint density at radius 3 is 2.33 bits per heavy atom. The van der Waals surface area contributed by atoms with Gasteiger partial charge in [0.2, 0.25) is 5.91 Å². The number of nitrogens with one attached hydrogen (secondary N) is 1. The molecular weight excluding hydrogens is 470 g/mol. The fourth-order valence-corrected chi connectivity index (χ4v) is 3.51. The fraction of sp³-hybridized carbons (Fsp3) is 0.300. The van der Waals surface area contributed by atoms with Crippen molar-refractivity contribution < 1.29 is 27.2 Å². The molecule has 1 aliphatic heterocycles. The molecule has 0 atom stereocenters. The van der Waals surface area contributed by atoms with Gasteiger partial charge >= 0.3 is 6.18 Å². The first kappa shape index (κ1) is 22.2. The summed E-state index contributed by atoms with van der Waals surface area (Å²) >= 11 is 3.14. The third kappa shape index (κ3) is 5.37. The van der Waals surface area contributed by atoms with Crippen LogP contribution in [0.3, 0.4) is 0 Å². The average molecular weight is 488 g/mol. The quantitative estimate of drug-likeness (QED) is 0.663. The summed E-state index contributed by atoms with van der Waals surface area (Å²) < 4.78 is 53.8. The van der Waals surface area contributed by atoms with E-state index in [1.807, 2.05) is 0 Å². The zero-order chi connectivity index (χ0) is 21.9. The fourth-order valence-electron chi connectivity index (χ4n) is 3.18. The van der Waals surface area contributed by atoms with Gasteiger partial charge in [0.15, 0.2) is 0 Å². The first-order valence-electron chi connectivity index (χ1n) is 9.08. The summed E-state index contributed by atoms with van der Waals surface area (Å²) in [6.45, 7) is 0.985. The Morgan fingerprint density at radius 1 is 1.03 bits per heavy atom. The molecule has 0 bridgehead atoms. The first-order valence-corrected chi connectivity index (χ1v) is 9.87. The molecule has 30 heavy (non-hydrogen) atoms. The number of benzene rings is 2. The van der Waals surface area contributed by atoms with Crippen LogP contribution in [0.2, 0.25) is 0 Å². The molecule has 0 spiro atoms. The van der Waals surface area contributed by atoms with E-state index in [4.69, 9.17) is 0 Å². The zero-order valence-corrected chi connectivity index (χ0v) is 17.3. The zero-order valence-electron chi connectivity index (χ0n) is 15.7. The van der Waals surface area contributed by atoms with E-state index < -0.39 is 29.4 Å². The van der Waals surface area contributed by atoms with E-state index in [0.717, 1.165) is 12.1 Å². The number of hydrogen-bond acceptors (Lipinski definition) is 3. The van der Waals surface area contributed by atoms with Gasteiger partial charge in [-0.2, -0.15) is 13.2 Å². The van der Waals surface area contributed by atoms with Crippen LogP contribution in [0.5, 0.6) is 0 Å². The van der Waals surface area contributed by atoms with Crippen molar-refractivity contribution >= 4 is 33.4 Å². The van der Waals surface area contributed by atoms with Crippen LogP contribution in [0, 0.1) is 5.82 Å². The van der Waals surface area contributed by atoms with E-state index in [1.54, 1.807) is 11.0 Å². The number of amides is 2. The van der Waals surface area contributed by atoms with Gasteiger partial charge in [-0.3, -0.25) is 14.5 Å². The summed E-state index contributed by atoms with van der Waals surface area (Å²) in [6.07, 6.45) is -4.62. The van der Waals surface area contributed by atoms with Crippen molar-refractivity contribution in [2.75, 3.05) is 38.0 Å². The van der Waals surface area contributed by atoms with Gasteiger partial charge in [-0.1, -0.05) is 28.1 Å². The molecule has 160 valence electrons. The van der Waals surface area contributed by atoms with Crippen LogP contribution in [0.1, 0.15) is 15.9 Å². The van der Waals surface area contributed by atoms with Crippen LogP contribution in [-0.4, -0.2) is 54.3 Å². The lowest BCUT2D eigenvalue weighted by atomic mass is 10.1. The molecule has 0 saturated carbocycles. The summed E-state index contributed by atoms with van der Waals surface area (Å²) in [5.74, 6) is -1.68. The number of carbonyl (C=O) groups excluding carboxylic acids is 2. The van der Waals surface area contributed by atoms with Crippen molar-refractivity contribution in [1.82, 2.24) is 9.80 Å². The maximum absolute atomic E-state index is 13.8. The van der Waals surface area contributed by atoms with E-state index in [2.05, 4.69) is 21.2 Å². The number of carbonyl (C=O) groups is 2. The summed E-state index contributed by atoms with van der Waals surface area (Å²) in [4.78, 5) is 27.9. The molecule has 2 aromatic rings. The smallest absolute Gasteiger partial charge is 0.336 e. The first-order chi connectivity index (χ1) is 14.1. The number of hydrogen-bond donors (Lipinski definition) is 1. The standard InChI is InChI=1S/C20H18BrF4N3O2/c21-13-5-6-17(16(22)11-13)26-18(29)12-27-7-9-28(10-8-27)19(30)14-3-1-2-4-15(14)20(23,24)25/h1-6,11H,7-10,12H2,(H,26,29). The van der Waals surface area contributed by atoms with Gasteiger partial charge in [-0.25, -0.2) is 4.39 Å². The van der Waals surface area contributed by atoms with Gasteiger partial charge in [-0.15, -0.1) is 0 Å². The molecule has 1 fully saturated rings. The molecule has 2 amide bonds. The summed E-state index contributed by atoms with van der Waals surface area (Å²) in [5, 5.41) is 2.49. The van der Waals surface area contributed by atoms with Gasteiger partial charge in [0, 0.05) is 30.7 Å². The van der Waals surface area contributed by atoms with Crippen LogP contribution in [0.4, 0.5) is 23.2 Å². The number of halogens is 5. The van der Waals surface area contributed by atoms with Gasteiger partial charge in [-0.05, 0) is 30.3 Å². The monoisotopic (exact) mass is 487 g/mol. The molecule has 10 heteroatoms. The van der Waals surface area contributed by atoms with Crippen molar-refractivity contribution in [1.29, 1.82) is 0 Å². The molecule has 1 heterocycles. The van der Waals surface area contributed by atoms with Gasteiger partial charge in [0.05, 0.1) is 23.4 Å². The van der Waals surface area contributed by atoms with Crippen molar-refractivity contribution in [2.45, 2.75) is 6.18 Å². The third-order valence-electron chi connectivity index (χ3n) is 4.69.